The van der Waals surface area contributed by atoms with Crippen LogP contribution in [0, 0.1) is 0 Å². The first-order chi connectivity index (χ1) is 41.2. The van der Waals surface area contributed by atoms with Crippen LogP contribution in [0.5, 0.6) is 0 Å². The minimum atomic E-state index is -0.537. The van der Waals surface area contributed by atoms with E-state index in [4.69, 9.17) is 4.42 Å². The van der Waals surface area contributed by atoms with Crippen LogP contribution in [0.2, 0.25) is 0 Å². The van der Waals surface area contributed by atoms with Crippen molar-refractivity contribution < 1.29 is 4.42 Å². The molecule has 384 valence electrons. The summed E-state index contributed by atoms with van der Waals surface area (Å²) in [5, 5.41) is 4.82. The molecule has 0 amide bonds. The maximum absolute atomic E-state index is 6.26. The predicted octanol–water partition coefficient (Wildman–Crippen LogP) is 20.5. The predicted molar refractivity (Wildman–Crippen MR) is 341 cm³/mol. The van der Waals surface area contributed by atoms with Gasteiger partial charge in [-0.3, -0.25) is 0 Å². The topological polar surface area (TPSA) is 21.3 Å². The molecular formula is C80H48N2O. The van der Waals surface area contributed by atoms with Gasteiger partial charge >= 0.3 is 0 Å². The van der Waals surface area contributed by atoms with Crippen LogP contribution >= 0.6 is 0 Å². The summed E-state index contributed by atoms with van der Waals surface area (Å²) in [5.74, 6) is 0. The Morgan fingerprint density at radius 1 is 0.289 bits per heavy atom. The molecule has 1 atom stereocenters. The van der Waals surface area contributed by atoms with Crippen LogP contribution in [0.3, 0.4) is 0 Å². The molecule has 2 spiro atoms. The van der Waals surface area contributed by atoms with Crippen molar-refractivity contribution in [3.8, 4) is 61.3 Å². The molecule has 0 fully saturated rings. The van der Waals surface area contributed by atoms with Gasteiger partial charge in [0.05, 0.1) is 33.2 Å². The maximum Gasteiger partial charge on any atom is 0.135 e. The van der Waals surface area contributed by atoms with Crippen LogP contribution in [0.25, 0.3) is 105 Å². The van der Waals surface area contributed by atoms with Gasteiger partial charge in [-0.2, -0.15) is 0 Å². The lowest BCUT2D eigenvalue weighted by Gasteiger charge is -2.39. The third-order valence-corrected chi connectivity index (χ3v) is 19.2. The SMILES string of the molecule is c1ccc2c(c1)-c1ccccc1C21c2ccccc2-c2c(N(c3ccc(-c4ccc5c(c4)C4(c6ccccc6-5)c5ccccc5-n5c6ccccc6c6cccc4c65)cc3)c3ccc(-c4ccc5oc6ccccc6c5c4)cc3)cccc21. The summed E-state index contributed by atoms with van der Waals surface area (Å²) in [5.41, 5.74) is 30.8. The Kier molecular flexibility index (Phi) is 8.92. The Labute approximate surface area is 479 Å². The number of nitrogens with zero attached hydrogens (tertiary/aromatic N) is 2. The number of hydrogen-bond donors (Lipinski definition) is 0. The van der Waals surface area contributed by atoms with E-state index in [0.29, 0.717) is 0 Å². The van der Waals surface area contributed by atoms with Gasteiger partial charge in [-0.25, -0.2) is 0 Å². The van der Waals surface area contributed by atoms with Crippen molar-refractivity contribution in [2.24, 2.45) is 0 Å². The number of fused-ring (bicyclic) bond motifs is 25. The summed E-state index contributed by atoms with van der Waals surface area (Å²) >= 11 is 0. The first-order valence-corrected chi connectivity index (χ1v) is 28.9. The molecule has 3 aliphatic carbocycles. The third kappa shape index (κ3) is 5.73. The number of hydrogen-bond acceptors (Lipinski definition) is 2. The lowest BCUT2D eigenvalue weighted by molar-refractivity contribution is 0.669. The molecule has 0 N–H and O–H groups in total. The monoisotopic (exact) mass is 1050 g/mol. The van der Waals surface area contributed by atoms with Crippen molar-refractivity contribution in [2.45, 2.75) is 10.8 Å². The van der Waals surface area contributed by atoms with Gasteiger partial charge in [0.25, 0.3) is 0 Å². The Morgan fingerprint density at radius 2 is 0.759 bits per heavy atom. The molecule has 2 aromatic heterocycles. The largest absolute Gasteiger partial charge is 0.456 e. The molecule has 3 nitrogen and oxygen atoms in total. The minimum Gasteiger partial charge on any atom is -0.456 e. The Morgan fingerprint density at radius 3 is 1.46 bits per heavy atom. The highest BCUT2D eigenvalue weighted by Crippen LogP contribution is 2.65. The van der Waals surface area contributed by atoms with E-state index in [1.807, 2.05) is 12.1 Å². The summed E-state index contributed by atoms with van der Waals surface area (Å²) in [4.78, 5) is 2.49. The van der Waals surface area contributed by atoms with E-state index in [1.54, 1.807) is 0 Å². The van der Waals surface area contributed by atoms with Crippen molar-refractivity contribution in [2.75, 3.05) is 4.90 Å². The number of benzene rings is 13. The normalized spacial score (nSPS) is 15.1. The van der Waals surface area contributed by atoms with Gasteiger partial charge in [-0.05, 0) is 161 Å². The molecule has 0 saturated carbocycles. The zero-order chi connectivity index (χ0) is 54.1. The van der Waals surface area contributed by atoms with Crippen molar-refractivity contribution in [1.82, 2.24) is 4.57 Å². The highest BCUT2D eigenvalue weighted by Gasteiger charge is 2.53. The number of aromatic nitrogens is 1. The molecule has 13 aromatic carbocycles. The van der Waals surface area contributed by atoms with Gasteiger partial charge in [-0.15, -0.1) is 0 Å². The fourth-order valence-corrected chi connectivity index (χ4v) is 16.0. The molecule has 3 heteroatoms. The summed E-state index contributed by atoms with van der Waals surface area (Å²) in [6.07, 6.45) is 0. The average Bonchev–Trinajstić information content (AvgIpc) is 1.87. The van der Waals surface area contributed by atoms with E-state index in [9.17, 15) is 0 Å². The molecule has 0 saturated heterocycles. The summed E-state index contributed by atoms with van der Waals surface area (Å²) < 4.78 is 8.78. The second-order valence-corrected chi connectivity index (χ2v) is 23.0. The highest BCUT2D eigenvalue weighted by molar-refractivity contribution is 6.13. The van der Waals surface area contributed by atoms with Gasteiger partial charge in [0.1, 0.15) is 11.2 Å². The standard InChI is InChI=1S/C80H48N2O/c1-7-24-64-55(17-1)56-18-2-8-25-65(56)79(64)67-27-10-4-22-62(67)77-69(79)29-16-33-74(77)81(53-41-35-49(36-42-53)51-40-46-76-63(47-51)60-21-6-14-34-75(60)83-76)54-43-37-50(38-44-54)52-39-45-58-57-19-3-9-26-66(57)80(71(58)48-52)68-28-11-13-32-73(68)82-72-31-12-5-20-59(72)61-23-15-30-70(80)78(61)82/h1-48H. The van der Waals surface area contributed by atoms with Gasteiger partial charge in [-0.1, -0.05) is 224 Å². The van der Waals surface area contributed by atoms with E-state index in [2.05, 4.69) is 289 Å². The van der Waals surface area contributed by atoms with Gasteiger partial charge < -0.3 is 13.9 Å². The van der Waals surface area contributed by atoms with Gasteiger partial charge in [0.2, 0.25) is 0 Å². The summed E-state index contributed by atoms with van der Waals surface area (Å²) in [6.45, 7) is 0. The second kappa shape index (κ2) is 16.4. The van der Waals surface area contributed by atoms with Crippen LogP contribution in [0.4, 0.5) is 17.1 Å². The van der Waals surface area contributed by atoms with Gasteiger partial charge in [0, 0.05) is 38.5 Å². The Balaban J connectivity index is 0.795. The van der Waals surface area contributed by atoms with Crippen LogP contribution in [-0.2, 0) is 10.8 Å². The molecular weight excluding hydrogens is 1000 g/mol. The lowest BCUT2D eigenvalue weighted by atomic mass is 9.65. The van der Waals surface area contributed by atoms with Crippen molar-refractivity contribution in [3.63, 3.8) is 0 Å². The first kappa shape index (κ1) is 45.0. The van der Waals surface area contributed by atoms with E-state index in [0.717, 1.165) is 50.1 Å². The summed E-state index contributed by atoms with van der Waals surface area (Å²) in [7, 11) is 0. The minimum absolute atomic E-state index is 0.476. The van der Waals surface area contributed by atoms with Crippen LogP contribution in [-0.4, -0.2) is 4.57 Å². The van der Waals surface area contributed by atoms with E-state index in [1.165, 1.54) is 117 Å². The van der Waals surface area contributed by atoms with Crippen LogP contribution < -0.4 is 4.90 Å². The average molecular weight is 1050 g/mol. The second-order valence-electron chi connectivity index (χ2n) is 23.0. The lowest BCUT2D eigenvalue weighted by Crippen LogP contribution is -2.33. The molecule has 19 rings (SSSR count). The molecule has 83 heavy (non-hydrogen) atoms. The van der Waals surface area contributed by atoms with Crippen LogP contribution in [0.1, 0.15) is 44.5 Å². The molecule has 1 aliphatic heterocycles. The summed E-state index contributed by atoms with van der Waals surface area (Å²) in [6, 6.07) is 109. The smallest absolute Gasteiger partial charge is 0.135 e. The maximum atomic E-state index is 6.26. The van der Waals surface area contributed by atoms with E-state index >= 15 is 0 Å². The zero-order valence-electron chi connectivity index (χ0n) is 45.0. The zero-order valence-corrected chi connectivity index (χ0v) is 45.0. The number of furan rings is 1. The number of anilines is 3. The first-order valence-electron chi connectivity index (χ1n) is 28.9. The Bertz CT molecular complexity index is 5240. The van der Waals surface area contributed by atoms with Gasteiger partial charge in [0.15, 0.2) is 0 Å². The van der Waals surface area contributed by atoms with Crippen molar-refractivity contribution in [3.05, 3.63) is 336 Å². The van der Waals surface area contributed by atoms with Crippen molar-refractivity contribution in [1.29, 1.82) is 0 Å². The van der Waals surface area contributed by atoms with Crippen LogP contribution in [0.15, 0.2) is 296 Å². The molecule has 0 bridgehead atoms. The molecule has 15 aromatic rings. The van der Waals surface area contributed by atoms with E-state index < -0.39 is 10.8 Å². The molecule has 4 aliphatic rings. The fraction of sp³-hybridized carbons (Fsp3) is 0.0250. The number of para-hydroxylation sites is 4. The fourth-order valence-electron chi connectivity index (χ4n) is 16.0. The molecule has 3 heterocycles. The number of rotatable bonds is 5. The van der Waals surface area contributed by atoms with E-state index in [-0.39, 0.29) is 0 Å². The Hall–Kier alpha value is -10.7. The molecule has 0 radical (unpaired) electrons. The highest BCUT2D eigenvalue weighted by atomic mass is 16.3. The van der Waals surface area contributed by atoms with Crippen molar-refractivity contribution >= 4 is 60.8 Å². The molecule has 1 unspecified atom stereocenters. The third-order valence-electron chi connectivity index (χ3n) is 19.2. The quantitative estimate of drug-likeness (QED) is 0.171.